The van der Waals surface area contributed by atoms with E-state index in [0.717, 1.165) is 25.6 Å². The van der Waals surface area contributed by atoms with E-state index in [4.69, 9.17) is 0 Å². The normalized spacial score (nSPS) is 25.3. The van der Waals surface area contributed by atoms with Crippen molar-refractivity contribution >= 4 is 0 Å². The third-order valence-corrected chi connectivity index (χ3v) is 3.77. The van der Waals surface area contributed by atoms with Gasteiger partial charge in [0.15, 0.2) is 0 Å². The second-order valence-corrected chi connectivity index (χ2v) is 5.13. The van der Waals surface area contributed by atoms with Crippen LogP contribution in [0.15, 0.2) is 18.2 Å². The van der Waals surface area contributed by atoms with Crippen LogP contribution in [0.2, 0.25) is 0 Å². The Hall–Kier alpha value is -1.00. The van der Waals surface area contributed by atoms with Crippen molar-refractivity contribution < 1.29 is 8.78 Å². The number of hydrogen-bond donors (Lipinski definition) is 1. The molecule has 0 amide bonds. The van der Waals surface area contributed by atoms with E-state index in [1.54, 1.807) is 6.07 Å². The van der Waals surface area contributed by atoms with Gasteiger partial charge in [0.1, 0.15) is 11.6 Å². The van der Waals surface area contributed by atoms with Gasteiger partial charge in [-0.1, -0.05) is 13.0 Å². The minimum atomic E-state index is -0.515. The first-order valence-electron chi connectivity index (χ1n) is 6.43. The lowest BCUT2D eigenvalue weighted by Crippen LogP contribution is -2.46. The van der Waals surface area contributed by atoms with E-state index in [9.17, 15) is 8.78 Å². The lowest BCUT2D eigenvalue weighted by Gasteiger charge is -2.36. The van der Waals surface area contributed by atoms with E-state index in [0.29, 0.717) is 24.1 Å². The number of hydrogen-bond acceptors (Lipinski definition) is 2. The molecule has 4 heteroatoms. The minimum absolute atomic E-state index is 0.446. The van der Waals surface area contributed by atoms with Gasteiger partial charge < -0.3 is 5.32 Å². The van der Waals surface area contributed by atoms with Crippen molar-refractivity contribution in [2.75, 3.05) is 20.1 Å². The number of likely N-dealkylation sites (tertiary alicyclic amines) is 1. The zero-order valence-electron chi connectivity index (χ0n) is 10.9. The SMILES string of the molecule is CNC1CCN(Cc2ccc(F)cc2F)CC1C. The van der Waals surface area contributed by atoms with Crippen molar-refractivity contribution in [3.05, 3.63) is 35.4 Å². The molecular formula is C14H20F2N2. The molecule has 0 aliphatic carbocycles. The van der Waals surface area contributed by atoms with Crippen LogP contribution in [-0.4, -0.2) is 31.1 Å². The Bertz CT molecular complexity index is 409. The van der Waals surface area contributed by atoms with Gasteiger partial charge >= 0.3 is 0 Å². The molecule has 0 saturated carbocycles. The maximum absolute atomic E-state index is 13.6. The third kappa shape index (κ3) is 3.06. The predicted molar refractivity (Wildman–Crippen MR) is 68.3 cm³/mol. The predicted octanol–water partition coefficient (Wildman–Crippen LogP) is 2.39. The van der Waals surface area contributed by atoms with Gasteiger partial charge in [-0.15, -0.1) is 0 Å². The van der Waals surface area contributed by atoms with Gasteiger partial charge in [-0.25, -0.2) is 8.78 Å². The van der Waals surface area contributed by atoms with Crippen molar-refractivity contribution in [3.63, 3.8) is 0 Å². The van der Waals surface area contributed by atoms with Crippen molar-refractivity contribution in [2.45, 2.75) is 25.9 Å². The molecule has 0 bridgehead atoms. The van der Waals surface area contributed by atoms with Crippen LogP contribution in [0.5, 0.6) is 0 Å². The van der Waals surface area contributed by atoms with Crippen LogP contribution < -0.4 is 5.32 Å². The molecule has 100 valence electrons. The lowest BCUT2D eigenvalue weighted by atomic mass is 9.94. The number of nitrogens with one attached hydrogen (secondary N) is 1. The van der Waals surface area contributed by atoms with Crippen LogP contribution in [-0.2, 0) is 6.54 Å². The van der Waals surface area contributed by atoms with E-state index in [2.05, 4.69) is 17.1 Å². The fourth-order valence-electron chi connectivity index (χ4n) is 2.70. The molecular weight excluding hydrogens is 234 g/mol. The Morgan fingerprint density at radius 3 is 2.78 bits per heavy atom. The molecule has 0 spiro atoms. The number of halogens is 2. The number of piperidine rings is 1. The molecule has 1 aliphatic rings. The van der Waals surface area contributed by atoms with Gasteiger partial charge in [-0.05, 0) is 32.0 Å². The van der Waals surface area contributed by atoms with Crippen LogP contribution in [0.1, 0.15) is 18.9 Å². The minimum Gasteiger partial charge on any atom is -0.317 e. The highest BCUT2D eigenvalue weighted by molar-refractivity contribution is 5.18. The summed E-state index contributed by atoms with van der Waals surface area (Å²) in [6.45, 7) is 4.66. The van der Waals surface area contributed by atoms with E-state index < -0.39 is 11.6 Å². The van der Waals surface area contributed by atoms with Crippen molar-refractivity contribution in [3.8, 4) is 0 Å². The molecule has 0 aromatic heterocycles. The quantitative estimate of drug-likeness (QED) is 0.891. The van der Waals surface area contributed by atoms with Gasteiger partial charge in [0.25, 0.3) is 0 Å². The Balaban J connectivity index is 1.98. The number of nitrogens with zero attached hydrogens (tertiary/aromatic N) is 1. The second kappa shape index (κ2) is 5.76. The zero-order valence-corrected chi connectivity index (χ0v) is 10.9. The molecule has 1 heterocycles. The third-order valence-electron chi connectivity index (χ3n) is 3.77. The smallest absolute Gasteiger partial charge is 0.130 e. The summed E-state index contributed by atoms with van der Waals surface area (Å²) in [5.41, 5.74) is 0.575. The first kappa shape index (κ1) is 13.4. The molecule has 1 aromatic carbocycles. The van der Waals surface area contributed by atoms with Gasteiger partial charge in [0.2, 0.25) is 0 Å². The molecule has 2 atom stereocenters. The Morgan fingerprint density at radius 2 is 2.17 bits per heavy atom. The zero-order chi connectivity index (χ0) is 13.1. The fourth-order valence-corrected chi connectivity index (χ4v) is 2.70. The number of rotatable bonds is 3. The maximum Gasteiger partial charge on any atom is 0.130 e. The molecule has 2 rings (SSSR count). The maximum atomic E-state index is 13.6. The molecule has 1 aliphatic heterocycles. The largest absolute Gasteiger partial charge is 0.317 e. The van der Waals surface area contributed by atoms with Crippen LogP contribution in [0.4, 0.5) is 8.78 Å². The van der Waals surface area contributed by atoms with Gasteiger partial charge in [0.05, 0.1) is 0 Å². The first-order valence-corrected chi connectivity index (χ1v) is 6.43. The Morgan fingerprint density at radius 1 is 1.39 bits per heavy atom. The van der Waals surface area contributed by atoms with Crippen LogP contribution >= 0.6 is 0 Å². The van der Waals surface area contributed by atoms with Crippen LogP contribution in [0.25, 0.3) is 0 Å². The molecule has 0 radical (unpaired) electrons. The lowest BCUT2D eigenvalue weighted by molar-refractivity contribution is 0.143. The standard InChI is InChI=1S/C14H20F2N2/c1-10-8-18(6-5-14(10)17-2)9-11-3-4-12(15)7-13(11)16/h3-4,7,10,14,17H,5-6,8-9H2,1-2H3. The van der Waals surface area contributed by atoms with Crippen LogP contribution in [0, 0.1) is 17.6 Å². The highest BCUT2D eigenvalue weighted by Gasteiger charge is 2.25. The molecule has 18 heavy (non-hydrogen) atoms. The summed E-state index contributed by atoms with van der Waals surface area (Å²) in [4.78, 5) is 2.23. The van der Waals surface area contributed by atoms with Gasteiger partial charge in [0, 0.05) is 30.8 Å². The van der Waals surface area contributed by atoms with Crippen molar-refractivity contribution in [2.24, 2.45) is 5.92 Å². The van der Waals surface area contributed by atoms with Gasteiger partial charge in [-0.3, -0.25) is 4.90 Å². The molecule has 1 aromatic rings. The van der Waals surface area contributed by atoms with E-state index in [-0.39, 0.29) is 0 Å². The summed E-state index contributed by atoms with van der Waals surface area (Å²) in [6, 6.07) is 4.36. The molecule has 1 fully saturated rings. The summed E-state index contributed by atoms with van der Waals surface area (Å²) in [5, 5.41) is 3.31. The average molecular weight is 254 g/mol. The molecule has 2 nitrogen and oxygen atoms in total. The summed E-state index contributed by atoms with van der Waals surface area (Å²) in [5.74, 6) is -0.413. The summed E-state index contributed by atoms with van der Waals surface area (Å²) < 4.78 is 26.4. The van der Waals surface area contributed by atoms with Crippen LogP contribution in [0.3, 0.4) is 0 Å². The number of benzene rings is 1. The molecule has 1 N–H and O–H groups in total. The monoisotopic (exact) mass is 254 g/mol. The molecule has 2 unspecified atom stereocenters. The van der Waals surface area contributed by atoms with Crippen molar-refractivity contribution in [1.82, 2.24) is 10.2 Å². The topological polar surface area (TPSA) is 15.3 Å². The second-order valence-electron chi connectivity index (χ2n) is 5.13. The summed E-state index contributed by atoms with van der Waals surface area (Å²) >= 11 is 0. The highest BCUT2D eigenvalue weighted by Crippen LogP contribution is 2.20. The summed E-state index contributed by atoms with van der Waals surface area (Å²) in [6.07, 6.45) is 1.07. The van der Waals surface area contributed by atoms with E-state index in [1.807, 2.05) is 7.05 Å². The Labute approximate surface area is 107 Å². The van der Waals surface area contributed by atoms with E-state index in [1.165, 1.54) is 6.07 Å². The average Bonchev–Trinajstić information content (AvgIpc) is 2.33. The van der Waals surface area contributed by atoms with Crippen molar-refractivity contribution in [1.29, 1.82) is 0 Å². The van der Waals surface area contributed by atoms with E-state index >= 15 is 0 Å². The molecule has 1 saturated heterocycles. The first-order chi connectivity index (χ1) is 8.60. The van der Waals surface area contributed by atoms with Gasteiger partial charge in [-0.2, -0.15) is 0 Å². The highest BCUT2D eigenvalue weighted by atomic mass is 19.1. The Kier molecular flexibility index (Phi) is 4.30. The fraction of sp³-hybridized carbons (Fsp3) is 0.571. The summed E-state index contributed by atoms with van der Waals surface area (Å²) in [7, 11) is 1.98.